The molecule has 88 valence electrons. The van der Waals surface area contributed by atoms with Crippen molar-refractivity contribution in [3.05, 3.63) is 58.1 Å². The van der Waals surface area contributed by atoms with Gasteiger partial charge in [0.2, 0.25) is 0 Å². The lowest BCUT2D eigenvalue weighted by atomic mass is 10.2. The van der Waals surface area contributed by atoms with Gasteiger partial charge in [0, 0.05) is 9.79 Å². The average Bonchev–Trinajstić information content (AvgIpc) is 2.35. The molecule has 0 fully saturated rings. The number of hydrogen-bond donors (Lipinski definition) is 1. The summed E-state index contributed by atoms with van der Waals surface area (Å²) in [7, 11) is 0. The minimum absolute atomic E-state index is 0.0495. The molecule has 0 unspecified atom stereocenters. The van der Waals surface area contributed by atoms with Gasteiger partial charge < -0.3 is 5.11 Å². The van der Waals surface area contributed by atoms with Crippen LogP contribution >= 0.6 is 35.0 Å². The summed E-state index contributed by atoms with van der Waals surface area (Å²) in [6.07, 6.45) is 0. The summed E-state index contributed by atoms with van der Waals surface area (Å²) in [6.45, 7) is -0.0495. The molecule has 0 aliphatic carbocycles. The van der Waals surface area contributed by atoms with Gasteiger partial charge in [0.15, 0.2) is 0 Å². The molecule has 2 rings (SSSR count). The molecule has 2 aromatic rings. The molecular weight excluding hydrogens is 275 g/mol. The fraction of sp³-hybridized carbons (Fsp3) is 0.0769. The van der Waals surface area contributed by atoms with Crippen LogP contribution < -0.4 is 0 Å². The molecular formula is C13H10Cl2OS. The number of aliphatic hydroxyl groups excluding tert-OH is 1. The maximum absolute atomic E-state index is 9.30. The Kier molecular flexibility index (Phi) is 4.35. The van der Waals surface area contributed by atoms with Crippen LogP contribution in [0, 0.1) is 0 Å². The Morgan fingerprint density at radius 2 is 1.65 bits per heavy atom. The third kappa shape index (κ3) is 3.17. The van der Waals surface area contributed by atoms with Gasteiger partial charge in [-0.05, 0) is 29.8 Å². The first-order valence-electron chi connectivity index (χ1n) is 5.02. The molecule has 0 aromatic heterocycles. The van der Waals surface area contributed by atoms with Crippen LogP contribution in [0.5, 0.6) is 0 Å². The standard InChI is InChI=1S/C13H10Cl2OS/c14-11-6-9(8-16)13(7-12(11)15)17-10-4-2-1-3-5-10/h1-7,16H,8H2. The van der Waals surface area contributed by atoms with Crippen LogP contribution in [-0.2, 0) is 6.61 Å². The molecule has 0 radical (unpaired) electrons. The van der Waals surface area contributed by atoms with Gasteiger partial charge >= 0.3 is 0 Å². The molecule has 2 aromatic carbocycles. The lowest BCUT2D eigenvalue weighted by Gasteiger charge is -2.09. The summed E-state index contributed by atoms with van der Waals surface area (Å²) in [5.74, 6) is 0. The van der Waals surface area contributed by atoms with Crippen molar-refractivity contribution < 1.29 is 5.11 Å². The van der Waals surface area contributed by atoms with Gasteiger partial charge in [0.05, 0.1) is 16.7 Å². The maximum Gasteiger partial charge on any atom is 0.0693 e. The van der Waals surface area contributed by atoms with E-state index in [1.807, 2.05) is 30.3 Å². The molecule has 0 amide bonds. The SMILES string of the molecule is OCc1cc(Cl)c(Cl)cc1Sc1ccccc1. The van der Waals surface area contributed by atoms with Crippen molar-refractivity contribution in [3.63, 3.8) is 0 Å². The first-order valence-corrected chi connectivity index (χ1v) is 6.59. The highest BCUT2D eigenvalue weighted by Crippen LogP contribution is 2.35. The highest BCUT2D eigenvalue weighted by Gasteiger charge is 2.08. The Balaban J connectivity index is 2.35. The van der Waals surface area contributed by atoms with Crippen LogP contribution in [0.3, 0.4) is 0 Å². The number of aliphatic hydroxyl groups is 1. The van der Waals surface area contributed by atoms with Gasteiger partial charge in [-0.3, -0.25) is 0 Å². The van der Waals surface area contributed by atoms with E-state index < -0.39 is 0 Å². The molecule has 0 aliphatic heterocycles. The second-order valence-electron chi connectivity index (χ2n) is 3.45. The maximum atomic E-state index is 9.30. The molecule has 0 spiro atoms. The van der Waals surface area contributed by atoms with Crippen LogP contribution in [0.25, 0.3) is 0 Å². The third-order valence-electron chi connectivity index (χ3n) is 2.24. The van der Waals surface area contributed by atoms with Crippen molar-refractivity contribution in [2.75, 3.05) is 0 Å². The van der Waals surface area contributed by atoms with E-state index in [0.29, 0.717) is 10.0 Å². The summed E-state index contributed by atoms with van der Waals surface area (Å²) in [5.41, 5.74) is 0.785. The summed E-state index contributed by atoms with van der Waals surface area (Å²) >= 11 is 13.5. The van der Waals surface area contributed by atoms with Crippen molar-refractivity contribution in [2.24, 2.45) is 0 Å². The molecule has 1 N–H and O–H groups in total. The van der Waals surface area contributed by atoms with Crippen molar-refractivity contribution in [1.82, 2.24) is 0 Å². The van der Waals surface area contributed by atoms with E-state index in [-0.39, 0.29) is 6.61 Å². The van der Waals surface area contributed by atoms with E-state index in [4.69, 9.17) is 23.2 Å². The van der Waals surface area contributed by atoms with Gasteiger partial charge in [0.1, 0.15) is 0 Å². The topological polar surface area (TPSA) is 20.2 Å². The Bertz CT molecular complexity index is 514. The second-order valence-corrected chi connectivity index (χ2v) is 5.38. The Labute approximate surface area is 114 Å². The smallest absolute Gasteiger partial charge is 0.0693 e. The van der Waals surface area contributed by atoms with Crippen LogP contribution in [0.15, 0.2) is 52.3 Å². The Morgan fingerprint density at radius 1 is 1.00 bits per heavy atom. The van der Waals surface area contributed by atoms with Crippen LogP contribution in [-0.4, -0.2) is 5.11 Å². The minimum Gasteiger partial charge on any atom is -0.392 e. The number of hydrogen-bond acceptors (Lipinski definition) is 2. The third-order valence-corrected chi connectivity index (χ3v) is 4.07. The predicted molar refractivity (Wildman–Crippen MR) is 72.9 cm³/mol. The molecule has 0 atom stereocenters. The fourth-order valence-corrected chi connectivity index (χ4v) is 2.80. The monoisotopic (exact) mass is 284 g/mol. The van der Waals surface area contributed by atoms with E-state index in [1.54, 1.807) is 23.9 Å². The highest BCUT2D eigenvalue weighted by molar-refractivity contribution is 7.99. The number of rotatable bonds is 3. The molecule has 17 heavy (non-hydrogen) atoms. The van der Waals surface area contributed by atoms with Crippen molar-refractivity contribution in [3.8, 4) is 0 Å². The normalized spacial score (nSPS) is 10.5. The molecule has 0 aliphatic rings. The summed E-state index contributed by atoms with van der Waals surface area (Å²) in [4.78, 5) is 2.02. The van der Waals surface area contributed by atoms with E-state index in [9.17, 15) is 5.11 Å². The van der Waals surface area contributed by atoms with Crippen molar-refractivity contribution in [2.45, 2.75) is 16.4 Å². The van der Waals surface area contributed by atoms with Gasteiger partial charge in [-0.1, -0.05) is 53.2 Å². The highest BCUT2D eigenvalue weighted by atomic mass is 35.5. The zero-order valence-corrected chi connectivity index (χ0v) is 11.2. The van der Waals surface area contributed by atoms with Gasteiger partial charge in [-0.15, -0.1) is 0 Å². The van der Waals surface area contributed by atoms with Gasteiger partial charge in [-0.2, -0.15) is 0 Å². The first kappa shape index (κ1) is 12.8. The average molecular weight is 285 g/mol. The molecule has 4 heteroatoms. The Hall–Kier alpha value is -0.670. The minimum atomic E-state index is -0.0495. The summed E-state index contributed by atoms with van der Waals surface area (Å²) in [5, 5.41) is 10.3. The predicted octanol–water partition coefficient (Wildman–Crippen LogP) is 4.64. The summed E-state index contributed by atoms with van der Waals surface area (Å²) in [6, 6.07) is 13.4. The molecule has 0 saturated carbocycles. The molecule has 1 nitrogen and oxygen atoms in total. The van der Waals surface area contributed by atoms with Crippen molar-refractivity contribution in [1.29, 1.82) is 0 Å². The Morgan fingerprint density at radius 3 is 2.29 bits per heavy atom. The molecule has 0 bridgehead atoms. The van der Waals surface area contributed by atoms with E-state index >= 15 is 0 Å². The lowest BCUT2D eigenvalue weighted by molar-refractivity contribution is 0.279. The quantitative estimate of drug-likeness (QED) is 0.886. The van der Waals surface area contributed by atoms with Crippen LogP contribution in [0.1, 0.15) is 5.56 Å². The largest absolute Gasteiger partial charge is 0.392 e. The summed E-state index contributed by atoms with van der Waals surface area (Å²) < 4.78 is 0. The van der Waals surface area contributed by atoms with E-state index in [1.165, 1.54) is 0 Å². The van der Waals surface area contributed by atoms with Crippen LogP contribution in [0.4, 0.5) is 0 Å². The molecule has 0 saturated heterocycles. The van der Waals surface area contributed by atoms with Crippen LogP contribution in [0.2, 0.25) is 10.0 Å². The van der Waals surface area contributed by atoms with Gasteiger partial charge in [0.25, 0.3) is 0 Å². The van der Waals surface area contributed by atoms with Gasteiger partial charge in [-0.25, -0.2) is 0 Å². The van der Waals surface area contributed by atoms with Crippen molar-refractivity contribution >= 4 is 35.0 Å². The fourth-order valence-electron chi connectivity index (χ4n) is 1.40. The number of halogens is 2. The number of benzene rings is 2. The first-order chi connectivity index (χ1) is 8.20. The van der Waals surface area contributed by atoms with E-state index in [0.717, 1.165) is 15.4 Å². The lowest BCUT2D eigenvalue weighted by Crippen LogP contribution is -1.88. The van der Waals surface area contributed by atoms with E-state index in [2.05, 4.69) is 0 Å². The molecule has 0 heterocycles. The second kappa shape index (κ2) is 5.78. The zero-order valence-electron chi connectivity index (χ0n) is 8.86. The zero-order chi connectivity index (χ0) is 12.3.